The van der Waals surface area contributed by atoms with Crippen LogP contribution in [0, 0.1) is 0 Å². The summed E-state index contributed by atoms with van der Waals surface area (Å²) in [6, 6.07) is 26.9. The van der Waals surface area contributed by atoms with E-state index in [4.69, 9.17) is 11.6 Å². The molecule has 1 unspecified atom stereocenters. The predicted octanol–water partition coefficient (Wildman–Crippen LogP) is 6.06. The van der Waals surface area contributed by atoms with Crippen LogP contribution in [0.5, 0.6) is 0 Å². The van der Waals surface area contributed by atoms with Gasteiger partial charge in [0.05, 0.1) is 5.25 Å². The van der Waals surface area contributed by atoms with Crippen LogP contribution in [0.25, 0.3) is 0 Å². The average molecular weight is 339 g/mol. The Bertz CT molecular complexity index is 770. The van der Waals surface area contributed by atoms with Gasteiger partial charge in [0.25, 0.3) is 0 Å². The molecular weight excluding hydrogens is 324 g/mol. The van der Waals surface area contributed by atoms with Crippen molar-refractivity contribution in [1.29, 1.82) is 0 Å². The van der Waals surface area contributed by atoms with Gasteiger partial charge in [-0.3, -0.25) is 4.79 Å². The summed E-state index contributed by atoms with van der Waals surface area (Å²) in [4.78, 5) is 14.0. The van der Waals surface area contributed by atoms with Crippen LogP contribution in [0.2, 0.25) is 5.02 Å². The van der Waals surface area contributed by atoms with Crippen molar-refractivity contribution in [2.75, 3.05) is 0 Å². The van der Waals surface area contributed by atoms with E-state index in [1.807, 2.05) is 84.9 Å². The van der Waals surface area contributed by atoms with Crippen molar-refractivity contribution < 1.29 is 4.79 Å². The second-order valence-electron chi connectivity index (χ2n) is 5.09. The molecule has 0 fully saturated rings. The van der Waals surface area contributed by atoms with E-state index in [0.717, 1.165) is 16.0 Å². The number of hydrogen-bond donors (Lipinski definition) is 0. The summed E-state index contributed by atoms with van der Waals surface area (Å²) in [5.74, 6) is 0.108. The van der Waals surface area contributed by atoms with Gasteiger partial charge in [-0.05, 0) is 29.8 Å². The van der Waals surface area contributed by atoms with Gasteiger partial charge in [0, 0.05) is 15.5 Å². The molecule has 23 heavy (non-hydrogen) atoms. The van der Waals surface area contributed by atoms with Crippen LogP contribution in [0.4, 0.5) is 0 Å². The molecule has 0 N–H and O–H groups in total. The number of ketones is 1. The zero-order chi connectivity index (χ0) is 16.1. The fourth-order valence-corrected chi connectivity index (χ4v) is 3.53. The van der Waals surface area contributed by atoms with Gasteiger partial charge in [-0.25, -0.2) is 0 Å². The van der Waals surface area contributed by atoms with E-state index in [2.05, 4.69) is 0 Å². The highest BCUT2D eigenvalue weighted by Crippen LogP contribution is 2.38. The van der Waals surface area contributed by atoms with Gasteiger partial charge in [-0.15, -0.1) is 11.8 Å². The van der Waals surface area contributed by atoms with Gasteiger partial charge in [-0.2, -0.15) is 0 Å². The number of hydrogen-bond acceptors (Lipinski definition) is 2. The van der Waals surface area contributed by atoms with Crippen LogP contribution >= 0.6 is 23.4 Å². The summed E-state index contributed by atoms with van der Waals surface area (Å²) in [7, 11) is 0. The average Bonchev–Trinajstić information content (AvgIpc) is 2.62. The smallest absolute Gasteiger partial charge is 0.180 e. The van der Waals surface area contributed by atoms with E-state index >= 15 is 0 Å². The number of thioether (sulfide) groups is 1. The van der Waals surface area contributed by atoms with Crippen LogP contribution in [0.15, 0.2) is 89.8 Å². The lowest BCUT2D eigenvalue weighted by molar-refractivity contribution is 0.0989. The topological polar surface area (TPSA) is 17.1 Å². The molecule has 3 aromatic rings. The number of halogens is 1. The molecule has 0 saturated heterocycles. The Hall–Kier alpha value is -2.03. The number of carbonyl (C=O) groups excluding carboxylic acids is 1. The van der Waals surface area contributed by atoms with Crippen molar-refractivity contribution in [1.82, 2.24) is 0 Å². The van der Waals surface area contributed by atoms with Gasteiger partial charge >= 0.3 is 0 Å². The monoisotopic (exact) mass is 338 g/mol. The molecule has 114 valence electrons. The molecule has 0 bridgehead atoms. The van der Waals surface area contributed by atoms with E-state index < -0.39 is 0 Å². The van der Waals surface area contributed by atoms with Crippen molar-refractivity contribution in [3.63, 3.8) is 0 Å². The van der Waals surface area contributed by atoms with Crippen molar-refractivity contribution >= 4 is 29.1 Å². The van der Waals surface area contributed by atoms with Gasteiger partial charge in [-0.1, -0.05) is 72.3 Å². The Morgan fingerprint density at radius 2 is 1.35 bits per heavy atom. The highest BCUT2D eigenvalue weighted by atomic mass is 35.5. The maximum Gasteiger partial charge on any atom is 0.180 e. The molecule has 3 rings (SSSR count). The first-order valence-electron chi connectivity index (χ1n) is 7.30. The molecule has 3 heteroatoms. The predicted molar refractivity (Wildman–Crippen MR) is 97.3 cm³/mol. The number of benzene rings is 3. The molecular formula is C20H15ClOS. The van der Waals surface area contributed by atoms with Crippen LogP contribution < -0.4 is 0 Å². The van der Waals surface area contributed by atoms with Gasteiger partial charge in [0.1, 0.15) is 0 Å². The van der Waals surface area contributed by atoms with Crippen molar-refractivity contribution in [2.24, 2.45) is 0 Å². The first-order chi connectivity index (χ1) is 11.2. The zero-order valence-corrected chi connectivity index (χ0v) is 13.9. The van der Waals surface area contributed by atoms with Crippen LogP contribution in [0.3, 0.4) is 0 Å². The second kappa shape index (κ2) is 7.49. The highest BCUT2D eigenvalue weighted by molar-refractivity contribution is 8.00. The highest BCUT2D eigenvalue weighted by Gasteiger charge is 2.23. The number of rotatable bonds is 5. The second-order valence-corrected chi connectivity index (χ2v) is 6.71. The third-order valence-corrected chi connectivity index (χ3v) is 4.98. The first-order valence-corrected chi connectivity index (χ1v) is 8.56. The van der Waals surface area contributed by atoms with E-state index in [1.54, 1.807) is 11.8 Å². The maximum absolute atomic E-state index is 13.0. The molecule has 0 amide bonds. The molecule has 0 heterocycles. The minimum Gasteiger partial charge on any atom is -0.293 e. The largest absolute Gasteiger partial charge is 0.293 e. The standard InChI is InChI=1S/C20H15ClOS/c21-17-11-13-18(14-12-17)23-20(16-9-5-2-6-10-16)19(22)15-7-3-1-4-8-15/h1-14,20H. The molecule has 0 radical (unpaired) electrons. The molecule has 0 aromatic heterocycles. The summed E-state index contributed by atoms with van der Waals surface area (Å²) in [6.45, 7) is 0. The Labute approximate surface area is 145 Å². The zero-order valence-electron chi connectivity index (χ0n) is 12.4. The van der Waals surface area contributed by atoms with Crippen LogP contribution in [-0.2, 0) is 0 Å². The van der Waals surface area contributed by atoms with Crippen molar-refractivity contribution in [3.05, 3.63) is 101 Å². The van der Waals surface area contributed by atoms with E-state index in [-0.39, 0.29) is 11.0 Å². The van der Waals surface area contributed by atoms with Crippen molar-refractivity contribution in [2.45, 2.75) is 10.1 Å². The Kier molecular flexibility index (Phi) is 5.16. The Morgan fingerprint density at radius 3 is 1.96 bits per heavy atom. The third-order valence-electron chi connectivity index (χ3n) is 3.47. The normalized spacial score (nSPS) is 11.9. The van der Waals surface area contributed by atoms with Crippen LogP contribution in [0.1, 0.15) is 21.2 Å². The lowest BCUT2D eigenvalue weighted by Crippen LogP contribution is -2.09. The summed E-state index contributed by atoms with van der Waals surface area (Å²) >= 11 is 7.49. The van der Waals surface area contributed by atoms with E-state index in [9.17, 15) is 4.79 Å². The molecule has 1 nitrogen and oxygen atoms in total. The summed E-state index contributed by atoms with van der Waals surface area (Å²) in [5.41, 5.74) is 1.73. The van der Waals surface area contributed by atoms with E-state index in [0.29, 0.717) is 5.02 Å². The fraction of sp³-hybridized carbons (Fsp3) is 0.0500. The van der Waals surface area contributed by atoms with Crippen LogP contribution in [-0.4, -0.2) is 5.78 Å². The lowest BCUT2D eigenvalue weighted by Gasteiger charge is -2.16. The molecule has 0 aliphatic carbocycles. The van der Waals surface area contributed by atoms with Crippen molar-refractivity contribution in [3.8, 4) is 0 Å². The summed E-state index contributed by atoms with van der Waals surface area (Å²) < 4.78 is 0. The lowest BCUT2D eigenvalue weighted by atomic mass is 10.0. The molecule has 0 spiro atoms. The first kappa shape index (κ1) is 15.9. The van der Waals surface area contributed by atoms with Gasteiger partial charge < -0.3 is 0 Å². The molecule has 1 atom stereocenters. The molecule has 0 aliphatic heterocycles. The Balaban J connectivity index is 1.94. The number of carbonyl (C=O) groups is 1. The fourth-order valence-electron chi connectivity index (χ4n) is 2.30. The van der Waals surface area contributed by atoms with Gasteiger partial charge in [0.2, 0.25) is 0 Å². The minimum atomic E-state index is -0.278. The SMILES string of the molecule is O=C(c1ccccc1)C(Sc1ccc(Cl)cc1)c1ccccc1. The summed E-state index contributed by atoms with van der Waals surface area (Å²) in [5, 5.41) is 0.416. The quantitative estimate of drug-likeness (QED) is 0.415. The Morgan fingerprint density at radius 1 is 0.783 bits per heavy atom. The molecule has 3 aromatic carbocycles. The van der Waals surface area contributed by atoms with E-state index in [1.165, 1.54) is 0 Å². The third kappa shape index (κ3) is 4.04. The minimum absolute atomic E-state index is 0.108. The molecule has 0 aliphatic rings. The maximum atomic E-state index is 13.0. The molecule has 0 saturated carbocycles. The van der Waals surface area contributed by atoms with Gasteiger partial charge in [0.15, 0.2) is 5.78 Å². The number of Topliss-reactive ketones (excluding diaryl/α,β-unsaturated/α-hetero) is 1. The summed E-state index contributed by atoms with van der Waals surface area (Å²) in [6.07, 6.45) is 0.